The molecule has 7 nitrogen and oxygen atoms in total. The van der Waals surface area contributed by atoms with Gasteiger partial charge in [0.25, 0.3) is 0 Å². The van der Waals surface area contributed by atoms with Crippen molar-refractivity contribution in [1.82, 2.24) is 15.0 Å². The van der Waals surface area contributed by atoms with E-state index in [1.165, 1.54) is 0 Å². The number of methoxy groups -OCH3 is 1. The Hall–Kier alpha value is -3.19. The summed E-state index contributed by atoms with van der Waals surface area (Å²) in [7, 11) is 1.63. The number of amides is 1. The second kappa shape index (κ2) is 9.31. The van der Waals surface area contributed by atoms with Gasteiger partial charge in [-0.1, -0.05) is 23.4 Å². The van der Waals surface area contributed by atoms with E-state index < -0.39 is 0 Å². The number of ether oxygens (including phenoxy) is 1. The molecule has 1 fully saturated rings. The van der Waals surface area contributed by atoms with E-state index in [1.54, 1.807) is 7.11 Å². The molecule has 1 atom stereocenters. The van der Waals surface area contributed by atoms with Crippen LogP contribution < -0.4 is 10.1 Å². The summed E-state index contributed by atoms with van der Waals surface area (Å²) in [5, 5.41) is 7.24. The fourth-order valence-electron chi connectivity index (χ4n) is 4.02. The van der Waals surface area contributed by atoms with Gasteiger partial charge in [-0.25, -0.2) is 0 Å². The van der Waals surface area contributed by atoms with E-state index in [1.807, 2.05) is 56.3 Å². The zero-order valence-electron chi connectivity index (χ0n) is 18.2. The molecule has 1 saturated heterocycles. The molecule has 162 valence electrons. The molecule has 1 N–H and O–H groups in total. The lowest BCUT2D eigenvalue weighted by molar-refractivity contribution is -0.121. The summed E-state index contributed by atoms with van der Waals surface area (Å²) in [6, 6.07) is 13.6. The molecule has 1 aliphatic rings. The second-order valence-electron chi connectivity index (χ2n) is 8.07. The van der Waals surface area contributed by atoms with Crippen LogP contribution in [0.15, 0.2) is 47.0 Å². The third-order valence-electron chi connectivity index (χ3n) is 5.78. The van der Waals surface area contributed by atoms with Crippen molar-refractivity contribution in [1.29, 1.82) is 0 Å². The van der Waals surface area contributed by atoms with Crippen LogP contribution in [0.1, 0.15) is 29.9 Å². The number of carbonyl (C=O) groups is 1. The number of anilines is 1. The molecule has 3 aromatic rings. The summed E-state index contributed by atoms with van der Waals surface area (Å²) in [4.78, 5) is 19.7. The van der Waals surface area contributed by atoms with Crippen molar-refractivity contribution in [2.24, 2.45) is 5.92 Å². The van der Waals surface area contributed by atoms with Gasteiger partial charge in [0.05, 0.1) is 19.6 Å². The maximum atomic E-state index is 12.9. The first-order chi connectivity index (χ1) is 15.0. The van der Waals surface area contributed by atoms with Crippen LogP contribution in [0, 0.1) is 19.8 Å². The van der Waals surface area contributed by atoms with Crippen LogP contribution in [0.2, 0.25) is 0 Å². The van der Waals surface area contributed by atoms with E-state index in [2.05, 4.69) is 20.4 Å². The van der Waals surface area contributed by atoms with Crippen LogP contribution in [0.25, 0.3) is 11.4 Å². The minimum Gasteiger partial charge on any atom is -0.497 e. The summed E-state index contributed by atoms with van der Waals surface area (Å²) < 4.78 is 10.7. The molecule has 7 heteroatoms. The number of nitrogens with one attached hydrogen (secondary N) is 1. The van der Waals surface area contributed by atoms with Gasteiger partial charge in [0.2, 0.25) is 17.6 Å². The Kier molecular flexibility index (Phi) is 6.32. The van der Waals surface area contributed by atoms with Crippen LogP contribution in [0.3, 0.4) is 0 Å². The fraction of sp³-hybridized carbons (Fsp3) is 0.375. The number of benzene rings is 2. The minimum absolute atomic E-state index is 0.0586. The molecule has 0 aliphatic carbocycles. The van der Waals surface area contributed by atoms with Crippen molar-refractivity contribution in [3.05, 3.63) is 59.5 Å². The zero-order valence-corrected chi connectivity index (χ0v) is 18.2. The lowest BCUT2D eigenvalue weighted by Gasteiger charge is -2.31. The summed E-state index contributed by atoms with van der Waals surface area (Å²) >= 11 is 0. The van der Waals surface area contributed by atoms with Gasteiger partial charge in [-0.3, -0.25) is 9.69 Å². The molecule has 1 amide bonds. The molecule has 0 spiro atoms. The van der Waals surface area contributed by atoms with E-state index >= 15 is 0 Å². The number of aryl methyl sites for hydroxylation is 2. The van der Waals surface area contributed by atoms with E-state index in [9.17, 15) is 4.79 Å². The fourth-order valence-corrected chi connectivity index (χ4v) is 4.02. The van der Waals surface area contributed by atoms with Gasteiger partial charge in [-0.15, -0.1) is 0 Å². The molecular weight excluding hydrogens is 392 g/mol. The van der Waals surface area contributed by atoms with Crippen molar-refractivity contribution in [2.45, 2.75) is 33.2 Å². The summed E-state index contributed by atoms with van der Waals surface area (Å²) in [5.74, 6) is 1.91. The van der Waals surface area contributed by atoms with Gasteiger partial charge in [-0.2, -0.15) is 4.98 Å². The Labute approximate surface area is 182 Å². The number of likely N-dealkylation sites (tertiary alicyclic amines) is 1. The highest BCUT2D eigenvalue weighted by molar-refractivity contribution is 5.94. The van der Waals surface area contributed by atoms with Gasteiger partial charge in [0.15, 0.2) is 0 Å². The maximum absolute atomic E-state index is 12.9. The van der Waals surface area contributed by atoms with Gasteiger partial charge >= 0.3 is 0 Å². The standard InChI is InChI=1S/C24H28N4O3/c1-16-6-4-7-17(2)22(16)26-24(29)19-8-5-13-28(14-19)15-21-25-23(27-31-21)18-9-11-20(30-3)12-10-18/h4,6-7,9-12,19H,5,8,13-15H2,1-3H3,(H,26,29). The monoisotopic (exact) mass is 420 g/mol. The predicted octanol–water partition coefficient (Wildman–Crippen LogP) is 4.21. The average molecular weight is 421 g/mol. The number of piperidine rings is 1. The minimum atomic E-state index is -0.0586. The third kappa shape index (κ3) is 4.94. The lowest BCUT2D eigenvalue weighted by atomic mass is 9.96. The van der Waals surface area contributed by atoms with Crippen LogP contribution in [0.4, 0.5) is 5.69 Å². The first-order valence-corrected chi connectivity index (χ1v) is 10.6. The molecule has 1 aromatic heterocycles. The zero-order chi connectivity index (χ0) is 21.8. The number of carbonyl (C=O) groups excluding carboxylic acids is 1. The number of rotatable bonds is 6. The molecule has 1 aliphatic heterocycles. The predicted molar refractivity (Wildman–Crippen MR) is 119 cm³/mol. The van der Waals surface area contributed by atoms with Crippen LogP contribution in [-0.2, 0) is 11.3 Å². The Morgan fingerprint density at radius 3 is 2.65 bits per heavy atom. The van der Waals surface area contributed by atoms with Crippen LogP contribution >= 0.6 is 0 Å². The first kappa shape index (κ1) is 21.1. The van der Waals surface area contributed by atoms with E-state index in [-0.39, 0.29) is 11.8 Å². The van der Waals surface area contributed by atoms with Crippen molar-refractivity contribution >= 4 is 11.6 Å². The van der Waals surface area contributed by atoms with Gasteiger partial charge in [-0.05, 0) is 68.6 Å². The molecule has 0 saturated carbocycles. The molecular formula is C24H28N4O3. The molecule has 4 rings (SSSR count). The average Bonchev–Trinajstić information content (AvgIpc) is 3.25. The molecule has 1 unspecified atom stereocenters. The Balaban J connectivity index is 1.38. The lowest BCUT2D eigenvalue weighted by Crippen LogP contribution is -2.40. The molecule has 2 heterocycles. The number of hydrogen-bond donors (Lipinski definition) is 1. The number of aromatic nitrogens is 2. The van der Waals surface area contributed by atoms with Gasteiger partial charge in [0.1, 0.15) is 5.75 Å². The summed E-state index contributed by atoms with van der Waals surface area (Å²) in [6.07, 6.45) is 1.85. The first-order valence-electron chi connectivity index (χ1n) is 10.6. The summed E-state index contributed by atoms with van der Waals surface area (Å²) in [6.45, 7) is 6.16. The van der Waals surface area contributed by atoms with E-state index in [0.29, 0.717) is 24.8 Å². The number of hydrogen-bond acceptors (Lipinski definition) is 6. The highest BCUT2D eigenvalue weighted by Gasteiger charge is 2.27. The van der Waals surface area contributed by atoms with Crippen molar-refractivity contribution < 1.29 is 14.1 Å². The van der Waals surface area contributed by atoms with Crippen molar-refractivity contribution in [2.75, 3.05) is 25.5 Å². The van der Waals surface area contributed by atoms with E-state index in [0.717, 1.165) is 47.5 Å². The van der Waals surface area contributed by atoms with Gasteiger partial charge in [0, 0.05) is 17.8 Å². The van der Waals surface area contributed by atoms with Crippen LogP contribution in [0.5, 0.6) is 5.75 Å². The Morgan fingerprint density at radius 2 is 1.94 bits per heavy atom. The van der Waals surface area contributed by atoms with Crippen molar-refractivity contribution in [3.63, 3.8) is 0 Å². The molecule has 0 radical (unpaired) electrons. The topological polar surface area (TPSA) is 80.5 Å². The van der Waals surface area contributed by atoms with Crippen molar-refractivity contribution in [3.8, 4) is 17.1 Å². The molecule has 0 bridgehead atoms. The Morgan fingerprint density at radius 1 is 1.19 bits per heavy atom. The third-order valence-corrected chi connectivity index (χ3v) is 5.78. The highest BCUT2D eigenvalue weighted by Crippen LogP contribution is 2.25. The maximum Gasteiger partial charge on any atom is 0.241 e. The van der Waals surface area contributed by atoms with Crippen LogP contribution in [-0.4, -0.2) is 41.1 Å². The molecule has 31 heavy (non-hydrogen) atoms. The smallest absolute Gasteiger partial charge is 0.241 e. The van der Waals surface area contributed by atoms with E-state index in [4.69, 9.17) is 9.26 Å². The highest BCUT2D eigenvalue weighted by atomic mass is 16.5. The number of para-hydroxylation sites is 1. The SMILES string of the molecule is COc1ccc(-c2noc(CN3CCCC(C(=O)Nc4c(C)cccc4C)C3)n2)cc1. The largest absolute Gasteiger partial charge is 0.497 e. The number of nitrogens with zero attached hydrogens (tertiary/aromatic N) is 3. The van der Waals surface area contributed by atoms with Gasteiger partial charge < -0.3 is 14.6 Å². The second-order valence-corrected chi connectivity index (χ2v) is 8.07. The quantitative estimate of drug-likeness (QED) is 0.643. The molecule has 2 aromatic carbocycles. The Bertz CT molecular complexity index is 1020. The normalized spacial score (nSPS) is 16.8. The summed E-state index contributed by atoms with van der Waals surface area (Å²) in [5.41, 5.74) is 3.96.